The van der Waals surface area contributed by atoms with Crippen molar-refractivity contribution < 1.29 is 5.11 Å². The molecular weight excluding hydrogens is 298 g/mol. The van der Waals surface area contributed by atoms with Gasteiger partial charge in [-0.1, -0.05) is 48.2 Å². The molecule has 1 aromatic heterocycles. The summed E-state index contributed by atoms with van der Waals surface area (Å²) >= 11 is 3.43. The first kappa shape index (κ1) is 13.3. The van der Waals surface area contributed by atoms with Crippen LogP contribution in [0, 0.1) is 0 Å². The maximum atomic E-state index is 10.6. The zero-order chi connectivity index (χ0) is 14.2. The van der Waals surface area contributed by atoms with Crippen LogP contribution in [0.15, 0.2) is 52.9 Å². The predicted molar refractivity (Wildman–Crippen MR) is 89.0 cm³/mol. The highest BCUT2D eigenvalue weighted by atomic mass is 32.2. The number of aryl methyl sites for hydroxylation is 1. The third kappa shape index (κ3) is 2.48. The molecule has 3 aromatic rings. The minimum atomic E-state index is -0.396. The van der Waals surface area contributed by atoms with E-state index in [1.807, 2.05) is 36.4 Å². The lowest BCUT2D eigenvalue weighted by Crippen LogP contribution is -2.22. The molecule has 0 spiro atoms. The number of hydrogen-bond donors (Lipinski definition) is 1. The summed E-state index contributed by atoms with van der Waals surface area (Å²) in [7, 11) is 0. The third-order valence-electron chi connectivity index (χ3n) is 3.95. The average Bonchev–Trinajstić information content (AvgIpc) is 2.93. The van der Waals surface area contributed by atoms with Crippen LogP contribution in [0.1, 0.15) is 23.7 Å². The predicted octanol–water partition coefficient (Wildman–Crippen LogP) is 4.44. The molecule has 106 valence electrons. The summed E-state index contributed by atoms with van der Waals surface area (Å²) in [6.45, 7) is 0. The summed E-state index contributed by atoms with van der Waals surface area (Å²) in [6.07, 6.45) is 1.64. The second-order valence-electron chi connectivity index (χ2n) is 5.29. The molecule has 4 heteroatoms. The van der Waals surface area contributed by atoms with Crippen molar-refractivity contribution in [1.29, 1.82) is 0 Å². The molecule has 0 amide bonds. The number of fused-ring (bicyclic) bond motifs is 2. The van der Waals surface area contributed by atoms with Crippen LogP contribution in [0.5, 0.6) is 0 Å². The lowest BCUT2D eigenvalue weighted by Gasteiger charge is -2.28. The fourth-order valence-electron chi connectivity index (χ4n) is 2.86. The summed E-state index contributed by atoms with van der Waals surface area (Å²) in [6, 6.07) is 16.4. The number of thioether (sulfide) groups is 1. The first-order valence-electron chi connectivity index (χ1n) is 7.09. The lowest BCUT2D eigenvalue weighted by atomic mass is 9.89. The van der Waals surface area contributed by atoms with Gasteiger partial charge in [0, 0.05) is 5.25 Å². The van der Waals surface area contributed by atoms with E-state index >= 15 is 0 Å². The summed E-state index contributed by atoms with van der Waals surface area (Å²) < 4.78 is 2.27. The Kier molecular flexibility index (Phi) is 3.45. The van der Waals surface area contributed by atoms with Gasteiger partial charge in [-0.25, -0.2) is 4.98 Å². The Morgan fingerprint density at radius 1 is 1.10 bits per heavy atom. The monoisotopic (exact) mass is 313 g/mol. The zero-order valence-electron chi connectivity index (χ0n) is 11.4. The number of benzene rings is 2. The molecule has 2 aromatic carbocycles. The quantitative estimate of drug-likeness (QED) is 0.759. The van der Waals surface area contributed by atoms with Crippen molar-refractivity contribution in [2.45, 2.75) is 28.5 Å². The normalized spacial score (nSPS) is 21.4. The van der Waals surface area contributed by atoms with Gasteiger partial charge in [0.2, 0.25) is 0 Å². The summed E-state index contributed by atoms with van der Waals surface area (Å²) in [5.74, 6) is 0. The van der Waals surface area contributed by atoms with Crippen LogP contribution in [-0.4, -0.2) is 15.3 Å². The molecule has 0 saturated carbocycles. The maximum Gasteiger partial charge on any atom is 0.151 e. The Balaban J connectivity index is 1.60. The molecule has 21 heavy (non-hydrogen) atoms. The van der Waals surface area contributed by atoms with E-state index < -0.39 is 6.10 Å². The number of rotatable bonds is 2. The smallest absolute Gasteiger partial charge is 0.151 e. The molecule has 4 rings (SSSR count). The number of hydrogen-bond acceptors (Lipinski definition) is 4. The van der Waals surface area contributed by atoms with E-state index in [1.54, 1.807) is 23.1 Å². The highest BCUT2D eigenvalue weighted by molar-refractivity contribution is 8.01. The van der Waals surface area contributed by atoms with Crippen molar-refractivity contribution in [3.8, 4) is 0 Å². The molecule has 2 unspecified atom stereocenters. The Morgan fingerprint density at radius 2 is 1.90 bits per heavy atom. The largest absolute Gasteiger partial charge is 0.387 e. The van der Waals surface area contributed by atoms with Crippen molar-refractivity contribution in [3.63, 3.8) is 0 Å². The van der Waals surface area contributed by atoms with Gasteiger partial charge in [0.25, 0.3) is 0 Å². The van der Waals surface area contributed by atoms with E-state index in [0.29, 0.717) is 0 Å². The second kappa shape index (κ2) is 5.44. The van der Waals surface area contributed by atoms with Crippen LogP contribution < -0.4 is 0 Å². The standard InChI is InChI=1S/C17H15NOS2/c19-16-12-6-2-1-5-11(12)9-10-15(16)21-17-18-13-7-3-4-8-14(13)20-17/h1-8,15-16,19H,9-10H2. The van der Waals surface area contributed by atoms with Gasteiger partial charge in [-0.15, -0.1) is 11.3 Å². The van der Waals surface area contributed by atoms with Crippen LogP contribution in [0.25, 0.3) is 10.2 Å². The second-order valence-corrected chi connectivity index (χ2v) is 7.80. The highest BCUT2D eigenvalue weighted by Crippen LogP contribution is 2.42. The Hall–Kier alpha value is -1.36. The summed E-state index contributed by atoms with van der Waals surface area (Å²) in [5, 5.41) is 10.8. The molecule has 0 radical (unpaired) electrons. The van der Waals surface area contributed by atoms with Crippen molar-refractivity contribution in [2.24, 2.45) is 0 Å². The van der Waals surface area contributed by atoms with E-state index in [9.17, 15) is 5.11 Å². The van der Waals surface area contributed by atoms with Crippen molar-refractivity contribution >= 4 is 33.3 Å². The molecule has 1 heterocycles. The minimum absolute atomic E-state index is 0.195. The Morgan fingerprint density at radius 3 is 2.81 bits per heavy atom. The molecule has 1 N–H and O–H groups in total. The number of nitrogens with zero attached hydrogens (tertiary/aromatic N) is 1. The molecule has 0 saturated heterocycles. The van der Waals surface area contributed by atoms with Gasteiger partial charge in [0.05, 0.1) is 16.3 Å². The van der Waals surface area contributed by atoms with Gasteiger partial charge >= 0.3 is 0 Å². The van der Waals surface area contributed by atoms with Gasteiger partial charge in [0.1, 0.15) is 0 Å². The first-order valence-corrected chi connectivity index (χ1v) is 8.79. The molecule has 0 bridgehead atoms. The van der Waals surface area contributed by atoms with Gasteiger partial charge in [-0.2, -0.15) is 0 Å². The van der Waals surface area contributed by atoms with Crippen LogP contribution in [0.3, 0.4) is 0 Å². The Bertz CT molecular complexity index is 750. The van der Waals surface area contributed by atoms with Crippen molar-refractivity contribution in [1.82, 2.24) is 4.98 Å². The molecule has 0 aliphatic heterocycles. The van der Waals surface area contributed by atoms with E-state index in [0.717, 1.165) is 28.3 Å². The zero-order valence-corrected chi connectivity index (χ0v) is 13.0. The fourth-order valence-corrected chi connectivity index (χ4v) is 5.31. The topological polar surface area (TPSA) is 33.1 Å². The number of para-hydroxylation sites is 1. The summed E-state index contributed by atoms with van der Waals surface area (Å²) in [4.78, 5) is 4.67. The van der Waals surface area contributed by atoms with Crippen LogP contribution >= 0.6 is 23.1 Å². The van der Waals surface area contributed by atoms with Crippen LogP contribution in [-0.2, 0) is 6.42 Å². The third-order valence-corrected chi connectivity index (χ3v) is 6.41. The van der Waals surface area contributed by atoms with Gasteiger partial charge < -0.3 is 5.11 Å². The van der Waals surface area contributed by atoms with Crippen molar-refractivity contribution in [2.75, 3.05) is 0 Å². The van der Waals surface area contributed by atoms with E-state index in [2.05, 4.69) is 17.1 Å². The fraction of sp³-hybridized carbons (Fsp3) is 0.235. The molecule has 2 atom stereocenters. The lowest BCUT2D eigenvalue weighted by molar-refractivity contribution is 0.163. The highest BCUT2D eigenvalue weighted by Gasteiger charge is 2.29. The summed E-state index contributed by atoms with van der Waals surface area (Å²) in [5.41, 5.74) is 3.42. The van der Waals surface area contributed by atoms with Gasteiger partial charge in [-0.3, -0.25) is 0 Å². The van der Waals surface area contributed by atoms with Gasteiger partial charge in [0.15, 0.2) is 4.34 Å². The molecule has 1 aliphatic rings. The molecule has 1 aliphatic carbocycles. The minimum Gasteiger partial charge on any atom is -0.387 e. The number of aliphatic hydroxyl groups is 1. The van der Waals surface area contributed by atoms with Crippen LogP contribution in [0.2, 0.25) is 0 Å². The van der Waals surface area contributed by atoms with Crippen molar-refractivity contribution in [3.05, 3.63) is 59.7 Å². The van der Waals surface area contributed by atoms with Gasteiger partial charge in [-0.05, 0) is 36.1 Å². The number of aromatic nitrogens is 1. The number of thiazole rings is 1. The molecule has 0 fully saturated rings. The number of aliphatic hydroxyl groups excluding tert-OH is 1. The average molecular weight is 313 g/mol. The van der Waals surface area contributed by atoms with E-state index in [1.165, 1.54) is 10.3 Å². The SMILES string of the molecule is OC1c2ccccc2CCC1Sc1nc2ccccc2s1. The maximum absolute atomic E-state index is 10.6. The first-order chi connectivity index (χ1) is 10.3. The Labute approximate surface area is 131 Å². The molecule has 2 nitrogen and oxygen atoms in total. The van der Waals surface area contributed by atoms with Crippen LogP contribution in [0.4, 0.5) is 0 Å². The van der Waals surface area contributed by atoms with E-state index in [-0.39, 0.29) is 5.25 Å². The molecular formula is C17H15NOS2. The van der Waals surface area contributed by atoms with E-state index in [4.69, 9.17) is 0 Å².